The summed E-state index contributed by atoms with van der Waals surface area (Å²) in [7, 11) is 0. The molecule has 3 heteroatoms. The summed E-state index contributed by atoms with van der Waals surface area (Å²) in [5, 5.41) is 0. The van der Waals surface area contributed by atoms with Crippen LogP contribution in [0.5, 0.6) is 0 Å². The van der Waals surface area contributed by atoms with Gasteiger partial charge in [0.1, 0.15) is 17.8 Å². The van der Waals surface area contributed by atoms with E-state index in [9.17, 15) is 9.59 Å². The molecule has 0 aromatic carbocycles. The van der Waals surface area contributed by atoms with E-state index in [1.807, 2.05) is 0 Å². The van der Waals surface area contributed by atoms with Crippen LogP contribution < -0.4 is 0 Å². The largest absolute Gasteiger partial charge is 0.459 e. The van der Waals surface area contributed by atoms with Crippen LogP contribution in [0, 0.1) is 6.42 Å². The maximum atomic E-state index is 10.8. The van der Waals surface area contributed by atoms with Gasteiger partial charge in [0.2, 0.25) is 0 Å². The quantitative estimate of drug-likeness (QED) is 0.445. The Morgan fingerprint density at radius 1 is 1.27 bits per heavy atom. The standard InChI is InChI=1S/C8H13O3/c1-6(9)5-7(10)11-8(2,3)4/h5H,1-4H3. The summed E-state index contributed by atoms with van der Waals surface area (Å²) >= 11 is 0. The second kappa shape index (κ2) is 3.51. The number of ether oxygens (including phenoxy) is 1. The van der Waals surface area contributed by atoms with Crippen molar-refractivity contribution in [3.63, 3.8) is 0 Å². The van der Waals surface area contributed by atoms with Gasteiger partial charge in [-0.05, 0) is 27.7 Å². The molecule has 0 saturated heterocycles. The van der Waals surface area contributed by atoms with Crippen molar-refractivity contribution in [1.82, 2.24) is 0 Å². The van der Waals surface area contributed by atoms with E-state index in [4.69, 9.17) is 4.74 Å². The third-order valence-electron chi connectivity index (χ3n) is 0.728. The van der Waals surface area contributed by atoms with Crippen LogP contribution in [0.4, 0.5) is 0 Å². The predicted molar refractivity (Wildman–Crippen MR) is 40.8 cm³/mol. The average Bonchev–Trinajstić information content (AvgIpc) is 1.53. The zero-order chi connectivity index (χ0) is 9.07. The molecule has 11 heavy (non-hydrogen) atoms. The first kappa shape index (κ1) is 10.1. The fraction of sp³-hybridized carbons (Fsp3) is 0.625. The summed E-state index contributed by atoms with van der Waals surface area (Å²) in [6.07, 6.45) is 0.936. The van der Waals surface area contributed by atoms with Crippen molar-refractivity contribution in [3.05, 3.63) is 6.42 Å². The van der Waals surface area contributed by atoms with Crippen LogP contribution in [-0.2, 0) is 14.3 Å². The molecule has 0 spiro atoms. The normalized spacial score (nSPS) is 10.9. The lowest BCUT2D eigenvalue weighted by Crippen LogP contribution is -2.25. The monoisotopic (exact) mass is 157 g/mol. The predicted octanol–water partition coefficient (Wildman–Crippen LogP) is 1.12. The summed E-state index contributed by atoms with van der Waals surface area (Å²) < 4.78 is 4.83. The van der Waals surface area contributed by atoms with Crippen molar-refractivity contribution in [1.29, 1.82) is 0 Å². The second-order valence-corrected chi connectivity index (χ2v) is 3.29. The van der Waals surface area contributed by atoms with Gasteiger partial charge < -0.3 is 4.74 Å². The Bertz CT molecular complexity index is 165. The van der Waals surface area contributed by atoms with Gasteiger partial charge in [-0.2, -0.15) is 0 Å². The number of rotatable bonds is 2. The zero-order valence-electron chi connectivity index (χ0n) is 7.30. The highest BCUT2D eigenvalue weighted by Gasteiger charge is 2.17. The Balaban J connectivity index is 3.80. The first-order valence-corrected chi connectivity index (χ1v) is 3.39. The third-order valence-corrected chi connectivity index (χ3v) is 0.728. The number of hydrogen-bond donors (Lipinski definition) is 0. The third kappa shape index (κ3) is 7.03. The fourth-order valence-electron chi connectivity index (χ4n) is 0.497. The van der Waals surface area contributed by atoms with Gasteiger partial charge in [-0.25, -0.2) is 0 Å². The van der Waals surface area contributed by atoms with Crippen molar-refractivity contribution >= 4 is 11.8 Å². The molecule has 63 valence electrons. The molecule has 1 radical (unpaired) electrons. The van der Waals surface area contributed by atoms with Crippen molar-refractivity contribution in [3.8, 4) is 0 Å². The van der Waals surface area contributed by atoms with E-state index in [0.717, 1.165) is 6.42 Å². The molecule has 0 aliphatic carbocycles. The molecular formula is C8H13O3. The van der Waals surface area contributed by atoms with E-state index in [2.05, 4.69) is 0 Å². The average molecular weight is 157 g/mol. The molecule has 0 aromatic rings. The molecular weight excluding hydrogens is 144 g/mol. The van der Waals surface area contributed by atoms with Gasteiger partial charge in [0.25, 0.3) is 0 Å². The molecule has 0 rings (SSSR count). The van der Waals surface area contributed by atoms with Crippen LogP contribution in [0.15, 0.2) is 0 Å². The SMILES string of the molecule is CC(=O)[CH]C(=O)OC(C)(C)C. The lowest BCUT2D eigenvalue weighted by atomic mass is 10.2. The number of ketones is 1. The molecule has 0 atom stereocenters. The Hall–Kier alpha value is -0.860. The molecule has 0 aliphatic rings. The molecule has 0 aromatic heterocycles. The first-order chi connectivity index (χ1) is 4.81. The minimum Gasteiger partial charge on any atom is -0.459 e. The summed E-state index contributed by atoms with van der Waals surface area (Å²) in [5.74, 6) is -0.871. The van der Waals surface area contributed by atoms with Gasteiger partial charge >= 0.3 is 5.97 Å². The van der Waals surface area contributed by atoms with Crippen molar-refractivity contribution < 1.29 is 14.3 Å². The van der Waals surface area contributed by atoms with Crippen molar-refractivity contribution in [2.75, 3.05) is 0 Å². The number of esters is 1. The maximum Gasteiger partial charge on any atom is 0.318 e. The minimum absolute atomic E-state index is 0.292. The van der Waals surface area contributed by atoms with E-state index in [0.29, 0.717) is 0 Å². The van der Waals surface area contributed by atoms with E-state index in [1.54, 1.807) is 20.8 Å². The molecule has 0 N–H and O–H groups in total. The number of Topliss-reactive ketones (excluding diaryl/α,β-unsaturated/α-hetero) is 1. The molecule has 0 amide bonds. The number of carbonyl (C=O) groups excluding carboxylic acids is 2. The highest BCUT2D eigenvalue weighted by molar-refractivity contribution is 6.06. The fourth-order valence-corrected chi connectivity index (χ4v) is 0.497. The molecule has 0 heterocycles. The van der Waals surface area contributed by atoms with E-state index >= 15 is 0 Å². The molecule has 0 saturated carbocycles. The summed E-state index contributed by atoms with van der Waals surface area (Å²) in [6, 6.07) is 0. The summed E-state index contributed by atoms with van der Waals surface area (Å²) in [5.41, 5.74) is -0.525. The van der Waals surface area contributed by atoms with Crippen molar-refractivity contribution in [2.45, 2.75) is 33.3 Å². The Labute approximate surface area is 66.7 Å². The Kier molecular flexibility index (Phi) is 3.23. The van der Waals surface area contributed by atoms with E-state index in [-0.39, 0.29) is 5.78 Å². The minimum atomic E-state index is -0.579. The molecule has 3 nitrogen and oxygen atoms in total. The van der Waals surface area contributed by atoms with Gasteiger partial charge in [0, 0.05) is 0 Å². The first-order valence-electron chi connectivity index (χ1n) is 3.39. The van der Waals surface area contributed by atoms with Crippen LogP contribution in [0.2, 0.25) is 0 Å². The van der Waals surface area contributed by atoms with Gasteiger partial charge in [0.15, 0.2) is 0 Å². The van der Waals surface area contributed by atoms with Gasteiger partial charge in [-0.1, -0.05) is 0 Å². The molecule has 0 unspecified atom stereocenters. The van der Waals surface area contributed by atoms with Gasteiger partial charge in [0.05, 0.1) is 0 Å². The number of carbonyl (C=O) groups is 2. The molecule has 0 fully saturated rings. The van der Waals surface area contributed by atoms with Crippen LogP contribution in [-0.4, -0.2) is 17.4 Å². The van der Waals surface area contributed by atoms with Crippen LogP contribution in [0.1, 0.15) is 27.7 Å². The van der Waals surface area contributed by atoms with Crippen LogP contribution in [0.25, 0.3) is 0 Å². The summed E-state index contributed by atoms with van der Waals surface area (Å²) in [6.45, 7) is 6.56. The van der Waals surface area contributed by atoms with Gasteiger partial charge in [-0.3, -0.25) is 9.59 Å². The maximum absolute atomic E-state index is 10.8. The van der Waals surface area contributed by atoms with E-state index in [1.165, 1.54) is 6.92 Å². The van der Waals surface area contributed by atoms with Crippen LogP contribution >= 0.6 is 0 Å². The number of hydrogen-bond acceptors (Lipinski definition) is 3. The van der Waals surface area contributed by atoms with E-state index < -0.39 is 11.6 Å². The highest BCUT2D eigenvalue weighted by atomic mass is 16.6. The topological polar surface area (TPSA) is 43.4 Å². The Morgan fingerprint density at radius 2 is 1.73 bits per heavy atom. The van der Waals surface area contributed by atoms with Crippen molar-refractivity contribution in [2.24, 2.45) is 0 Å². The smallest absolute Gasteiger partial charge is 0.318 e. The van der Waals surface area contributed by atoms with Gasteiger partial charge in [-0.15, -0.1) is 0 Å². The van der Waals surface area contributed by atoms with Crippen LogP contribution in [0.3, 0.4) is 0 Å². The second-order valence-electron chi connectivity index (χ2n) is 3.29. The lowest BCUT2D eigenvalue weighted by molar-refractivity contribution is -0.151. The molecule has 0 bridgehead atoms. The lowest BCUT2D eigenvalue weighted by Gasteiger charge is -2.18. The molecule has 0 aliphatic heterocycles. The zero-order valence-corrected chi connectivity index (χ0v) is 7.30. The Morgan fingerprint density at radius 3 is 2.00 bits per heavy atom. The summed E-state index contributed by atoms with van der Waals surface area (Å²) in [4.78, 5) is 21.2. The highest BCUT2D eigenvalue weighted by Crippen LogP contribution is 2.07.